The molecular formula is C14H13ClN2O2. The Morgan fingerprint density at radius 3 is 2.74 bits per heavy atom. The number of halogens is 1. The van der Waals surface area contributed by atoms with Crippen molar-refractivity contribution in [1.29, 1.82) is 0 Å². The second-order valence-electron chi connectivity index (χ2n) is 4.20. The highest BCUT2D eigenvalue weighted by Crippen LogP contribution is 2.30. The molecule has 0 fully saturated rings. The lowest BCUT2D eigenvalue weighted by molar-refractivity contribution is 0.171. The van der Waals surface area contributed by atoms with E-state index < -0.39 is 0 Å². The fourth-order valence-corrected chi connectivity index (χ4v) is 1.99. The number of benzene rings is 1. The molecule has 0 saturated heterocycles. The molecule has 98 valence electrons. The van der Waals surface area contributed by atoms with Gasteiger partial charge in [-0.15, -0.1) is 0 Å². The quantitative estimate of drug-likeness (QED) is 0.875. The van der Waals surface area contributed by atoms with E-state index in [0.29, 0.717) is 24.9 Å². The molecule has 0 saturated carbocycles. The number of ether oxygens (including phenoxy) is 2. The van der Waals surface area contributed by atoms with Crippen molar-refractivity contribution in [1.82, 2.24) is 4.98 Å². The molecule has 0 aliphatic carbocycles. The minimum Gasteiger partial charge on any atom is -0.486 e. The zero-order valence-corrected chi connectivity index (χ0v) is 11.0. The van der Waals surface area contributed by atoms with E-state index in [0.717, 1.165) is 22.7 Å². The van der Waals surface area contributed by atoms with Gasteiger partial charge in [0, 0.05) is 6.54 Å². The molecule has 1 aromatic heterocycles. The average Bonchev–Trinajstić information content (AvgIpc) is 2.46. The summed E-state index contributed by atoms with van der Waals surface area (Å²) in [5.41, 5.74) is 2.05. The summed E-state index contributed by atoms with van der Waals surface area (Å²) in [6.45, 7) is 1.91. The van der Waals surface area contributed by atoms with Gasteiger partial charge >= 0.3 is 0 Å². The molecule has 1 aromatic carbocycles. The Labute approximate surface area is 116 Å². The topological polar surface area (TPSA) is 43.4 Å². The maximum Gasteiger partial charge on any atom is 0.161 e. The van der Waals surface area contributed by atoms with Gasteiger partial charge in [0.05, 0.1) is 11.9 Å². The second-order valence-corrected chi connectivity index (χ2v) is 4.59. The van der Waals surface area contributed by atoms with Gasteiger partial charge in [-0.2, -0.15) is 0 Å². The largest absolute Gasteiger partial charge is 0.486 e. The Kier molecular flexibility index (Phi) is 3.42. The number of aromatic nitrogens is 1. The molecule has 3 rings (SSSR count). The first-order valence-corrected chi connectivity index (χ1v) is 6.43. The molecule has 0 radical (unpaired) electrons. The number of nitrogens with zero attached hydrogens (tertiary/aromatic N) is 1. The fraction of sp³-hybridized carbons (Fsp3) is 0.214. The Balaban J connectivity index is 1.68. The van der Waals surface area contributed by atoms with E-state index in [4.69, 9.17) is 21.1 Å². The van der Waals surface area contributed by atoms with Gasteiger partial charge < -0.3 is 14.8 Å². The van der Waals surface area contributed by atoms with Crippen LogP contribution in [0.1, 0.15) is 5.56 Å². The van der Waals surface area contributed by atoms with Crippen molar-refractivity contribution in [2.45, 2.75) is 6.54 Å². The Morgan fingerprint density at radius 1 is 1.11 bits per heavy atom. The van der Waals surface area contributed by atoms with Crippen LogP contribution >= 0.6 is 11.6 Å². The van der Waals surface area contributed by atoms with Gasteiger partial charge in [0.2, 0.25) is 0 Å². The molecule has 0 spiro atoms. The zero-order valence-electron chi connectivity index (χ0n) is 10.2. The van der Waals surface area contributed by atoms with Crippen LogP contribution in [0, 0.1) is 0 Å². The molecule has 0 bridgehead atoms. The van der Waals surface area contributed by atoms with Crippen LogP contribution in [0.3, 0.4) is 0 Å². The van der Waals surface area contributed by atoms with E-state index in [1.165, 1.54) is 0 Å². The molecule has 1 aliphatic heterocycles. The van der Waals surface area contributed by atoms with Gasteiger partial charge in [-0.3, -0.25) is 0 Å². The van der Waals surface area contributed by atoms with E-state index in [2.05, 4.69) is 10.3 Å². The van der Waals surface area contributed by atoms with Crippen molar-refractivity contribution >= 4 is 17.3 Å². The summed E-state index contributed by atoms with van der Waals surface area (Å²) < 4.78 is 11.0. The summed E-state index contributed by atoms with van der Waals surface area (Å²) in [4.78, 5) is 4.02. The maximum atomic E-state index is 5.74. The third kappa shape index (κ3) is 2.90. The number of fused-ring (bicyclic) bond motifs is 1. The molecular weight excluding hydrogens is 264 g/mol. The van der Waals surface area contributed by atoms with E-state index in [1.54, 1.807) is 12.3 Å². The summed E-state index contributed by atoms with van der Waals surface area (Å²) in [6, 6.07) is 9.60. The number of rotatable bonds is 3. The molecule has 2 aromatic rings. The predicted octanol–water partition coefficient (Wildman–Crippen LogP) is 3.12. The molecule has 0 unspecified atom stereocenters. The number of anilines is 1. The Hall–Kier alpha value is -1.94. The summed E-state index contributed by atoms with van der Waals surface area (Å²) in [5.74, 6) is 1.61. The Bertz CT molecular complexity index is 572. The monoisotopic (exact) mass is 276 g/mol. The zero-order chi connectivity index (χ0) is 13.1. The van der Waals surface area contributed by atoms with Crippen LogP contribution in [0.5, 0.6) is 11.5 Å². The van der Waals surface area contributed by atoms with Crippen LogP contribution in [0.15, 0.2) is 36.5 Å². The summed E-state index contributed by atoms with van der Waals surface area (Å²) in [7, 11) is 0. The number of hydrogen-bond acceptors (Lipinski definition) is 4. The van der Waals surface area contributed by atoms with Gasteiger partial charge in [0.15, 0.2) is 11.5 Å². The second kappa shape index (κ2) is 5.36. The van der Waals surface area contributed by atoms with E-state index in [-0.39, 0.29) is 0 Å². The van der Waals surface area contributed by atoms with Gasteiger partial charge in [0.25, 0.3) is 0 Å². The summed E-state index contributed by atoms with van der Waals surface area (Å²) in [5, 5.41) is 3.77. The lowest BCUT2D eigenvalue weighted by Gasteiger charge is -2.19. The SMILES string of the molecule is Clc1ccc(NCc2ccc3c(c2)OCCO3)cn1. The van der Waals surface area contributed by atoms with Crippen LogP contribution in [0.2, 0.25) is 5.15 Å². The van der Waals surface area contributed by atoms with Gasteiger partial charge in [-0.05, 0) is 29.8 Å². The van der Waals surface area contributed by atoms with Crippen LogP contribution in [-0.4, -0.2) is 18.2 Å². The number of hydrogen-bond donors (Lipinski definition) is 1. The standard InChI is InChI=1S/C14H13ClN2O2/c15-14-4-2-11(9-17-14)16-8-10-1-3-12-13(7-10)19-6-5-18-12/h1-4,7,9,16H,5-6,8H2. The van der Waals surface area contributed by atoms with E-state index in [9.17, 15) is 0 Å². The lowest BCUT2D eigenvalue weighted by atomic mass is 10.2. The highest BCUT2D eigenvalue weighted by atomic mass is 35.5. The molecule has 2 heterocycles. The fourth-order valence-electron chi connectivity index (χ4n) is 1.88. The van der Waals surface area contributed by atoms with Crippen molar-refractivity contribution in [2.24, 2.45) is 0 Å². The number of pyridine rings is 1. The lowest BCUT2D eigenvalue weighted by Crippen LogP contribution is -2.15. The third-order valence-corrected chi connectivity index (χ3v) is 3.05. The maximum absolute atomic E-state index is 5.74. The van der Waals surface area contributed by atoms with E-state index >= 15 is 0 Å². The average molecular weight is 277 g/mol. The van der Waals surface area contributed by atoms with Crippen molar-refractivity contribution in [3.8, 4) is 11.5 Å². The smallest absolute Gasteiger partial charge is 0.161 e. The highest BCUT2D eigenvalue weighted by Gasteiger charge is 2.11. The Morgan fingerprint density at radius 2 is 1.95 bits per heavy atom. The van der Waals surface area contributed by atoms with Crippen LogP contribution in [0.25, 0.3) is 0 Å². The minimum atomic E-state index is 0.491. The highest BCUT2D eigenvalue weighted by molar-refractivity contribution is 6.29. The third-order valence-electron chi connectivity index (χ3n) is 2.83. The molecule has 0 amide bonds. The first kappa shape index (κ1) is 12.1. The van der Waals surface area contributed by atoms with Crippen molar-refractivity contribution in [3.05, 3.63) is 47.2 Å². The molecule has 19 heavy (non-hydrogen) atoms. The first-order chi connectivity index (χ1) is 9.31. The van der Waals surface area contributed by atoms with Crippen LogP contribution < -0.4 is 14.8 Å². The molecule has 1 N–H and O–H groups in total. The molecule has 1 aliphatic rings. The van der Waals surface area contributed by atoms with Crippen LogP contribution in [0.4, 0.5) is 5.69 Å². The van der Waals surface area contributed by atoms with Crippen LogP contribution in [-0.2, 0) is 6.54 Å². The predicted molar refractivity (Wildman–Crippen MR) is 74.0 cm³/mol. The van der Waals surface area contributed by atoms with Crippen molar-refractivity contribution in [2.75, 3.05) is 18.5 Å². The molecule has 4 nitrogen and oxygen atoms in total. The normalized spacial score (nSPS) is 13.1. The van der Waals surface area contributed by atoms with Gasteiger partial charge in [-0.25, -0.2) is 4.98 Å². The molecule has 5 heteroatoms. The summed E-state index contributed by atoms with van der Waals surface area (Å²) in [6.07, 6.45) is 1.71. The van der Waals surface area contributed by atoms with Crippen molar-refractivity contribution < 1.29 is 9.47 Å². The van der Waals surface area contributed by atoms with Gasteiger partial charge in [-0.1, -0.05) is 17.7 Å². The number of nitrogens with one attached hydrogen (secondary N) is 1. The molecule has 0 atom stereocenters. The van der Waals surface area contributed by atoms with Crippen molar-refractivity contribution in [3.63, 3.8) is 0 Å². The van der Waals surface area contributed by atoms with E-state index in [1.807, 2.05) is 24.3 Å². The minimum absolute atomic E-state index is 0.491. The first-order valence-electron chi connectivity index (χ1n) is 6.05. The summed E-state index contributed by atoms with van der Waals surface area (Å²) >= 11 is 5.74. The van der Waals surface area contributed by atoms with Gasteiger partial charge in [0.1, 0.15) is 18.4 Å².